The monoisotopic (exact) mass is 535 g/mol. The number of hydrogen-bond donors (Lipinski definition) is 3. The maximum atomic E-state index is 13.5. The summed E-state index contributed by atoms with van der Waals surface area (Å²) < 4.78 is 28.2. The highest BCUT2D eigenvalue weighted by Crippen LogP contribution is 2.38. The highest BCUT2D eigenvalue weighted by molar-refractivity contribution is 7.89. The Morgan fingerprint density at radius 1 is 1.22 bits per heavy atom. The quantitative estimate of drug-likeness (QED) is 0.379. The van der Waals surface area contributed by atoms with Crippen LogP contribution in [0.15, 0.2) is 65.1 Å². The van der Waals surface area contributed by atoms with E-state index in [0.717, 1.165) is 5.57 Å². The molecule has 0 saturated heterocycles. The van der Waals surface area contributed by atoms with Crippen LogP contribution >= 0.6 is 11.6 Å². The van der Waals surface area contributed by atoms with E-state index in [4.69, 9.17) is 17.3 Å². The number of aliphatic hydroxyl groups is 1. The Morgan fingerprint density at radius 2 is 1.92 bits per heavy atom. The largest absolute Gasteiger partial charge is 0.389 e. The van der Waals surface area contributed by atoms with Gasteiger partial charge < -0.3 is 16.2 Å². The highest BCUT2D eigenvalue weighted by atomic mass is 35.5. The summed E-state index contributed by atoms with van der Waals surface area (Å²) in [7, 11) is -3.93. The Kier molecular flexibility index (Phi) is 9.52. The lowest BCUT2D eigenvalue weighted by Crippen LogP contribution is -2.49. The topological polar surface area (TPSA) is 130 Å². The van der Waals surface area contributed by atoms with E-state index in [1.165, 1.54) is 28.6 Å². The Morgan fingerprint density at radius 3 is 2.47 bits per heavy atom. The second-order valence-electron chi connectivity index (χ2n) is 9.69. The lowest BCUT2D eigenvalue weighted by atomic mass is 10.0. The number of nitrogens with one attached hydrogen (secondary N) is 1. The molecule has 1 saturated carbocycles. The number of sulfonamides is 1. The molecule has 0 heterocycles. The predicted molar refractivity (Wildman–Crippen MR) is 139 cm³/mol. The number of aliphatic hydroxyl groups excluding tert-OH is 1. The van der Waals surface area contributed by atoms with Gasteiger partial charge in [-0.3, -0.25) is 9.59 Å². The number of benzene rings is 1. The van der Waals surface area contributed by atoms with Crippen molar-refractivity contribution < 1.29 is 23.1 Å². The first-order valence-corrected chi connectivity index (χ1v) is 13.9. The molecule has 1 aromatic carbocycles. The van der Waals surface area contributed by atoms with Crippen molar-refractivity contribution in [3.8, 4) is 0 Å². The van der Waals surface area contributed by atoms with E-state index in [1.54, 1.807) is 6.08 Å². The SMILES string of the molecule is CC(C)CCN(C[C@@H](O)[C@H](/C=C1\C=CC=CC1)NC(=O)C1CC1C(N)=O)S(=O)(=O)c1ccc(Cl)cc1. The van der Waals surface area contributed by atoms with Crippen molar-refractivity contribution in [1.82, 2.24) is 9.62 Å². The third kappa shape index (κ3) is 7.52. The third-order valence-electron chi connectivity index (χ3n) is 6.32. The van der Waals surface area contributed by atoms with Crippen molar-refractivity contribution in [3.63, 3.8) is 0 Å². The van der Waals surface area contributed by atoms with Gasteiger partial charge >= 0.3 is 0 Å². The number of rotatable bonds is 12. The van der Waals surface area contributed by atoms with Crippen LogP contribution in [0.2, 0.25) is 5.02 Å². The maximum absolute atomic E-state index is 13.5. The number of carbonyl (C=O) groups excluding carboxylic acids is 2. The molecule has 4 atom stereocenters. The van der Waals surface area contributed by atoms with Crippen molar-refractivity contribution in [2.45, 2.75) is 50.2 Å². The van der Waals surface area contributed by atoms with Gasteiger partial charge in [-0.05, 0) is 55.0 Å². The molecule has 2 unspecified atom stereocenters. The summed E-state index contributed by atoms with van der Waals surface area (Å²) in [6.45, 7) is 3.96. The molecule has 36 heavy (non-hydrogen) atoms. The van der Waals surface area contributed by atoms with Crippen LogP contribution in [0.3, 0.4) is 0 Å². The summed E-state index contributed by atoms with van der Waals surface area (Å²) in [6, 6.07) is 5.02. The summed E-state index contributed by atoms with van der Waals surface area (Å²) in [4.78, 5) is 24.3. The molecule has 4 N–H and O–H groups in total. The van der Waals surface area contributed by atoms with Crippen molar-refractivity contribution >= 4 is 33.4 Å². The second kappa shape index (κ2) is 12.2. The number of amides is 2. The van der Waals surface area contributed by atoms with Crippen LogP contribution in [0, 0.1) is 17.8 Å². The van der Waals surface area contributed by atoms with E-state index in [1.807, 2.05) is 38.2 Å². The van der Waals surface area contributed by atoms with E-state index >= 15 is 0 Å². The summed E-state index contributed by atoms with van der Waals surface area (Å²) in [5.41, 5.74) is 6.20. The molecule has 2 aliphatic rings. The smallest absolute Gasteiger partial charge is 0.243 e. The van der Waals surface area contributed by atoms with Crippen LogP contribution in [0.4, 0.5) is 0 Å². The molecular weight excluding hydrogens is 502 g/mol. The van der Waals surface area contributed by atoms with E-state index in [2.05, 4.69) is 5.32 Å². The Hall–Kier alpha value is -2.46. The Balaban J connectivity index is 1.84. The molecule has 0 aromatic heterocycles. The number of nitrogens with two attached hydrogens (primary N) is 1. The van der Waals surface area contributed by atoms with Crippen molar-refractivity contribution in [2.75, 3.05) is 13.1 Å². The molecule has 8 nitrogen and oxygen atoms in total. The van der Waals surface area contributed by atoms with Crippen LogP contribution in [0.1, 0.15) is 33.1 Å². The van der Waals surface area contributed by atoms with Gasteiger partial charge in [0.15, 0.2) is 0 Å². The average Bonchev–Trinajstić information content (AvgIpc) is 3.63. The lowest BCUT2D eigenvalue weighted by molar-refractivity contribution is -0.126. The fourth-order valence-corrected chi connectivity index (χ4v) is 5.59. The first-order chi connectivity index (χ1) is 17.0. The van der Waals surface area contributed by atoms with E-state index in [9.17, 15) is 23.1 Å². The number of nitrogens with zero attached hydrogens (tertiary/aromatic N) is 1. The summed E-state index contributed by atoms with van der Waals surface area (Å²) in [6.07, 6.45) is 9.64. The molecule has 10 heteroatoms. The molecule has 1 fully saturated rings. The van der Waals surface area contributed by atoms with Gasteiger partial charge in [-0.15, -0.1) is 0 Å². The molecule has 3 rings (SSSR count). The third-order valence-corrected chi connectivity index (χ3v) is 8.45. The van der Waals surface area contributed by atoms with Gasteiger partial charge in [-0.25, -0.2) is 8.42 Å². The Labute approximate surface area is 217 Å². The molecule has 0 spiro atoms. The zero-order chi connectivity index (χ0) is 26.5. The molecule has 2 aliphatic carbocycles. The first-order valence-electron chi connectivity index (χ1n) is 12.1. The van der Waals surface area contributed by atoms with Gasteiger partial charge in [-0.1, -0.05) is 55.8 Å². The van der Waals surface area contributed by atoms with Gasteiger partial charge in [0.05, 0.1) is 28.9 Å². The molecule has 0 aliphatic heterocycles. The van der Waals surface area contributed by atoms with Crippen molar-refractivity contribution in [1.29, 1.82) is 0 Å². The van der Waals surface area contributed by atoms with E-state index in [-0.39, 0.29) is 29.8 Å². The standard InChI is InChI=1S/C26H34ClN3O5S/c1-17(2)12-13-30(36(34,35)20-10-8-19(27)9-11-20)16-24(31)23(14-18-6-4-3-5-7-18)29-26(33)22-15-21(22)25(28)32/h3-6,8-11,14,17,21-24,31H,7,12-13,15-16H2,1-2H3,(H2,28,32)(H,29,33)/b18-14+/t21?,22?,23-,24+/m0/s1. The normalized spacial score (nSPS) is 22.1. The number of primary amides is 1. The minimum Gasteiger partial charge on any atom is -0.389 e. The van der Waals surface area contributed by atoms with Crippen LogP contribution in [-0.4, -0.2) is 54.9 Å². The van der Waals surface area contributed by atoms with Crippen LogP contribution in [0.25, 0.3) is 0 Å². The summed E-state index contributed by atoms with van der Waals surface area (Å²) >= 11 is 5.94. The summed E-state index contributed by atoms with van der Waals surface area (Å²) in [5.74, 6) is -1.72. The first kappa shape index (κ1) is 28.1. The Bertz CT molecular complexity index is 1140. The molecule has 196 valence electrons. The minimum atomic E-state index is -3.93. The molecule has 0 radical (unpaired) electrons. The number of carbonyl (C=O) groups is 2. The summed E-state index contributed by atoms with van der Waals surface area (Å²) in [5, 5.41) is 14.5. The molecule has 2 amide bonds. The van der Waals surface area contributed by atoms with Gasteiger partial charge in [0.2, 0.25) is 21.8 Å². The van der Waals surface area contributed by atoms with Crippen molar-refractivity contribution in [2.24, 2.45) is 23.5 Å². The fourth-order valence-electron chi connectivity index (χ4n) is 3.99. The zero-order valence-electron chi connectivity index (χ0n) is 20.5. The number of hydrogen-bond acceptors (Lipinski definition) is 5. The van der Waals surface area contributed by atoms with Crippen LogP contribution in [0.5, 0.6) is 0 Å². The predicted octanol–water partition coefficient (Wildman–Crippen LogP) is 2.79. The number of halogens is 1. The number of allylic oxidation sites excluding steroid dienone is 5. The van der Waals surface area contributed by atoms with E-state index < -0.39 is 39.9 Å². The minimum absolute atomic E-state index is 0.0735. The fraction of sp³-hybridized carbons (Fsp3) is 0.462. The van der Waals surface area contributed by atoms with Gasteiger partial charge in [-0.2, -0.15) is 4.31 Å². The second-order valence-corrected chi connectivity index (χ2v) is 12.1. The van der Waals surface area contributed by atoms with E-state index in [0.29, 0.717) is 24.3 Å². The van der Waals surface area contributed by atoms with Crippen molar-refractivity contribution in [3.05, 3.63) is 65.2 Å². The lowest BCUT2D eigenvalue weighted by Gasteiger charge is -2.29. The maximum Gasteiger partial charge on any atom is 0.243 e. The highest BCUT2D eigenvalue weighted by Gasteiger charge is 2.47. The zero-order valence-corrected chi connectivity index (χ0v) is 22.1. The average molecular weight is 536 g/mol. The van der Waals surface area contributed by atoms with Crippen LogP contribution < -0.4 is 11.1 Å². The molecule has 1 aromatic rings. The van der Waals surface area contributed by atoms with Gasteiger partial charge in [0.25, 0.3) is 0 Å². The molecule has 0 bridgehead atoms. The van der Waals surface area contributed by atoms with Gasteiger partial charge in [0, 0.05) is 18.1 Å². The van der Waals surface area contributed by atoms with Crippen LogP contribution in [-0.2, 0) is 19.6 Å². The molecular formula is C26H34ClN3O5S. The van der Waals surface area contributed by atoms with Gasteiger partial charge in [0.1, 0.15) is 0 Å².